The third-order valence-corrected chi connectivity index (χ3v) is 3.35. The van der Waals surface area contributed by atoms with E-state index in [9.17, 15) is 9.59 Å². The van der Waals surface area contributed by atoms with E-state index in [1.165, 1.54) is 0 Å². The van der Waals surface area contributed by atoms with Gasteiger partial charge < -0.3 is 15.4 Å². The van der Waals surface area contributed by atoms with Crippen molar-refractivity contribution in [2.24, 2.45) is 0 Å². The molecular formula is C15H20N2O3. The Balaban J connectivity index is 1.72. The van der Waals surface area contributed by atoms with Crippen molar-refractivity contribution >= 4 is 11.8 Å². The van der Waals surface area contributed by atoms with Gasteiger partial charge in [-0.3, -0.25) is 9.59 Å². The van der Waals surface area contributed by atoms with Gasteiger partial charge in [-0.2, -0.15) is 0 Å². The number of benzene rings is 1. The predicted molar refractivity (Wildman–Crippen MR) is 75.5 cm³/mol. The summed E-state index contributed by atoms with van der Waals surface area (Å²) in [4.78, 5) is 23.6. The average molecular weight is 276 g/mol. The van der Waals surface area contributed by atoms with Gasteiger partial charge in [-0.05, 0) is 31.4 Å². The van der Waals surface area contributed by atoms with Crippen molar-refractivity contribution in [3.8, 4) is 0 Å². The zero-order valence-electron chi connectivity index (χ0n) is 11.6. The second kappa shape index (κ2) is 7.05. The third-order valence-electron chi connectivity index (χ3n) is 3.35. The number of hydrogen-bond donors (Lipinski definition) is 2. The number of hydrogen-bond acceptors (Lipinski definition) is 3. The van der Waals surface area contributed by atoms with E-state index in [1.54, 1.807) is 12.1 Å². The van der Waals surface area contributed by atoms with E-state index in [1.807, 2.05) is 19.1 Å². The van der Waals surface area contributed by atoms with Crippen molar-refractivity contribution in [2.45, 2.75) is 25.9 Å². The molecule has 1 aromatic rings. The van der Waals surface area contributed by atoms with Crippen molar-refractivity contribution in [1.29, 1.82) is 0 Å². The van der Waals surface area contributed by atoms with Crippen LogP contribution in [0.1, 0.15) is 28.8 Å². The zero-order valence-corrected chi connectivity index (χ0v) is 11.6. The molecule has 108 valence electrons. The molecule has 1 heterocycles. The van der Waals surface area contributed by atoms with E-state index in [0.29, 0.717) is 12.1 Å². The first-order valence-corrected chi connectivity index (χ1v) is 6.89. The second-order valence-electron chi connectivity index (χ2n) is 4.94. The van der Waals surface area contributed by atoms with Gasteiger partial charge in [0, 0.05) is 18.7 Å². The average Bonchev–Trinajstić information content (AvgIpc) is 2.96. The Labute approximate surface area is 118 Å². The molecule has 5 heteroatoms. The van der Waals surface area contributed by atoms with Crippen LogP contribution in [0.2, 0.25) is 0 Å². The van der Waals surface area contributed by atoms with Crippen molar-refractivity contribution in [2.75, 3.05) is 19.7 Å². The highest BCUT2D eigenvalue weighted by atomic mass is 16.5. The normalized spacial score (nSPS) is 17.8. The molecule has 1 saturated heterocycles. The molecule has 1 aliphatic heterocycles. The number of ether oxygens (including phenoxy) is 1. The molecule has 5 nitrogen and oxygen atoms in total. The molecule has 1 atom stereocenters. The summed E-state index contributed by atoms with van der Waals surface area (Å²) in [6.45, 7) is 3.13. The molecule has 20 heavy (non-hydrogen) atoms. The molecule has 2 N–H and O–H groups in total. The lowest BCUT2D eigenvalue weighted by Gasteiger charge is -2.11. The van der Waals surface area contributed by atoms with E-state index >= 15 is 0 Å². The first-order chi connectivity index (χ1) is 9.66. The zero-order chi connectivity index (χ0) is 14.4. The number of rotatable bonds is 5. The summed E-state index contributed by atoms with van der Waals surface area (Å²) in [5, 5.41) is 5.39. The monoisotopic (exact) mass is 276 g/mol. The second-order valence-corrected chi connectivity index (χ2v) is 4.94. The van der Waals surface area contributed by atoms with Gasteiger partial charge in [0.2, 0.25) is 5.91 Å². The fourth-order valence-electron chi connectivity index (χ4n) is 2.18. The minimum Gasteiger partial charge on any atom is -0.376 e. The van der Waals surface area contributed by atoms with Crippen molar-refractivity contribution in [3.05, 3.63) is 35.4 Å². The van der Waals surface area contributed by atoms with Gasteiger partial charge in [-0.15, -0.1) is 0 Å². The molecule has 0 aromatic heterocycles. The molecule has 0 radical (unpaired) electrons. The largest absolute Gasteiger partial charge is 0.376 e. The quantitative estimate of drug-likeness (QED) is 0.843. The molecule has 1 aliphatic rings. The Morgan fingerprint density at radius 2 is 2.10 bits per heavy atom. The minimum atomic E-state index is -0.227. The highest BCUT2D eigenvalue weighted by molar-refractivity contribution is 5.97. The Kier molecular flexibility index (Phi) is 5.12. The smallest absolute Gasteiger partial charge is 0.251 e. The summed E-state index contributed by atoms with van der Waals surface area (Å²) in [5.74, 6) is -0.419. The van der Waals surface area contributed by atoms with Crippen LogP contribution in [0.5, 0.6) is 0 Å². The van der Waals surface area contributed by atoms with Gasteiger partial charge in [0.25, 0.3) is 5.91 Å². The summed E-state index contributed by atoms with van der Waals surface area (Å²) in [5.41, 5.74) is 1.49. The van der Waals surface area contributed by atoms with Gasteiger partial charge in [0.15, 0.2) is 0 Å². The summed E-state index contributed by atoms with van der Waals surface area (Å²) in [7, 11) is 0. The van der Waals surface area contributed by atoms with Crippen molar-refractivity contribution in [3.63, 3.8) is 0 Å². The van der Waals surface area contributed by atoms with E-state index < -0.39 is 0 Å². The van der Waals surface area contributed by atoms with Crippen LogP contribution in [-0.2, 0) is 9.53 Å². The Morgan fingerprint density at radius 1 is 1.30 bits per heavy atom. The van der Waals surface area contributed by atoms with E-state index in [0.717, 1.165) is 25.0 Å². The third kappa shape index (κ3) is 4.06. The lowest BCUT2D eigenvalue weighted by atomic mass is 10.1. The molecule has 2 amide bonds. The topological polar surface area (TPSA) is 67.4 Å². The van der Waals surface area contributed by atoms with Crippen LogP contribution < -0.4 is 10.6 Å². The number of amides is 2. The maximum Gasteiger partial charge on any atom is 0.251 e. The van der Waals surface area contributed by atoms with Crippen LogP contribution in [0.25, 0.3) is 0 Å². The molecule has 2 rings (SSSR count). The Hall–Kier alpha value is -1.88. The summed E-state index contributed by atoms with van der Waals surface area (Å²) >= 11 is 0. The van der Waals surface area contributed by atoms with Crippen molar-refractivity contribution < 1.29 is 14.3 Å². The summed E-state index contributed by atoms with van der Waals surface area (Å²) < 4.78 is 5.41. The molecule has 0 bridgehead atoms. The summed E-state index contributed by atoms with van der Waals surface area (Å²) in [6.07, 6.45) is 2.14. The first kappa shape index (κ1) is 14.5. The van der Waals surface area contributed by atoms with Gasteiger partial charge in [-0.1, -0.05) is 18.2 Å². The Bertz CT molecular complexity index is 482. The van der Waals surface area contributed by atoms with Gasteiger partial charge >= 0.3 is 0 Å². The van der Waals surface area contributed by atoms with Crippen LogP contribution >= 0.6 is 0 Å². The number of nitrogens with one attached hydrogen (secondary N) is 2. The van der Waals surface area contributed by atoms with Crippen LogP contribution in [0, 0.1) is 6.92 Å². The molecule has 0 saturated carbocycles. The number of carbonyl (C=O) groups excluding carboxylic acids is 2. The van der Waals surface area contributed by atoms with Gasteiger partial charge in [0.05, 0.1) is 12.6 Å². The van der Waals surface area contributed by atoms with Crippen LogP contribution in [0.4, 0.5) is 0 Å². The van der Waals surface area contributed by atoms with Crippen molar-refractivity contribution in [1.82, 2.24) is 10.6 Å². The molecule has 1 aromatic carbocycles. The van der Waals surface area contributed by atoms with E-state index in [4.69, 9.17) is 4.74 Å². The SMILES string of the molecule is Cc1ccccc1C(=O)NCC(=O)NC[C@@H]1CCCO1. The maximum absolute atomic E-state index is 11.9. The maximum atomic E-state index is 11.9. The van der Waals surface area contributed by atoms with Gasteiger partial charge in [0.1, 0.15) is 0 Å². The highest BCUT2D eigenvalue weighted by Gasteiger charge is 2.16. The first-order valence-electron chi connectivity index (χ1n) is 6.89. The molecule has 0 aliphatic carbocycles. The summed E-state index contributed by atoms with van der Waals surface area (Å²) in [6, 6.07) is 7.29. The van der Waals surface area contributed by atoms with E-state index in [-0.39, 0.29) is 24.5 Å². The Morgan fingerprint density at radius 3 is 2.80 bits per heavy atom. The van der Waals surface area contributed by atoms with Crippen LogP contribution in [0.3, 0.4) is 0 Å². The fourth-order valence-corrected chi connectivity index (χ4v) is 2.18. The molecule has 0 spiro atoms. The standard InChI is InChI=1S/C15H20N2O3/c1-11-5-2-3-7-13(11)15(19)17-10-14(18)16-9-12-6-4-8-20-12/h2-3,5,7,12H,4,6,8-10H2,1H3,(H,16,18)(H,17,19)/t12-/m0/s1. The lowest BCUT2D eigenvalue weighted by molar-refractivity contribution is -0.120. The highest BCUT2D eigenvalue weighted by Crippen LogP contribution is 2.10. The number of carbonyl (C=O) groups is 2. The minimum absolute atomic E-state index is 0.0140. The fraction of sp³-hybridized carbons (Fsp3) is 0.467. The molecule has 1 fully saturated rings. The van der Waals surface area contributed by atoms with Gasteiger partial charge in [-0.25, -0.2) is 0 Å². The lowest BCUT2D eigenvalue weighted by Crippen LogP contribution is -2.40. The molecule has 0 unspecified atom stereocenters. The van der Waals surface area contributed by atoms with Crippen LogP contribution in [0.15, 0.2) is 24.3 Å². The molecular weight excluding hydrogens is 256 g/mol. The van der Waals surface area contributed by atoms with E-state index in [2.05, 4.69) is 10.6 Å². The number of aryl methyl sites for hydroxylation is 1. The van der Waals surface area contributed by atoms with Crippen LogP contribution in [-0.4, -0.2) is 37.6 Å². The predicted octanol–water partition coefficient (Wildman–Crippen LogP) is 1.02.